The molecule has 2 N–H and O–H groups in total. The summed E-state index contributed by atoms with van der Waals surface area (Å²) in [5.74, 6) is 1.67. The van der Waals surface area contributed by atoms with Gasteiger partial charge in [-0.05, 0) is 19.8 Å². The lowest BCUT2D eigenvalue weighted by Crippen LogP contribution is -2.09. The maximum Gasteiger partial charge on any atom is 0.224 e. The number of aromatic nitrogens is 2. The van der Waals surface area contributed by atoms with E-state index in [2.05, 4.69) is 34.4 Å². The largest absolute Gasteiger partial charge is 0.370 e. The van der Waals surface area contributed by atoms with E-state index in [9.17, 15) is 0 Å². The number of unbranched alkanes of at least 4 members (excludes halogenated alkanes) is 2. The van der Waals surface area contributed by atoms with E-state index in [-0.39, 0.29) is 0 Å². The van der Waals surface area contributed by atoms with Gasteiger partial charge in [-0.1, -0.05) is 26.7 Å². The van der Waals surface area contributed by atoms with Crippen LogP contribution in [0.5, 0.6) is 0 Å². The Morgan fingerprint density at radius 2 is 1.88 bits per heavy atom. The van der Waals surface area contributed by atoms with Crippen molar-refractivity contribution in [3.63, 3.8) is 0 Å². The van der Waals surface area contributed by atoms with Gasteiger partial charge < -0.3 is 10.6 Å². The molecule has 0 unspecified atom stereocenters. The molecule has 1 aromatic rings. The molecule has 1 rings (SSSR count). The first-order chi connectivity index (χ1) is 8.27. The van der Waals surface area contributed by atoms with Gasteiger partial charge in [-0.25, -0.2) is 4.98 Å². The summed E-state index contributed by atoms with van der Waals surface area (Å²) in [6.45, 7) is 8.27. The van der Waals surface area contributed by atoms with Gasteiger partial charge in [0.2, 0.25) is 5.95 Å². The van der Waals surface area contributed by atoms with Crippen LogP contribution in [0.4, 0.5) is 11.8 Å². The predicted octanol–water partition coefficient (Wildman–Crippen LogP) is 3.21. The number of rotatable bonds is 8. The fourth-order valence-corrected chi connectivity index (χ4v) is 1.52. The maximum absolute atomic E-state index is 4.47. The molecule has 4 nitrogen and oxygen atoms in total. The monoisotopic (exact) mass is 236 g/mol. The Morgan fingerprint density at radius 3 is 2.59 bits per heavy atom. The third-order valence-electron chi connectivity index (χ3n) is 2.58. The van der Waals surface area contributed by atoms with Crippen molar-refractivity contribution in [1.29, 1.82) is 0 Å². The van der Waals surface area contributed by atoms with Crippen LogP contribution < -0.4 is 10.6 Å². The van der Waals surface area contributed by atoms with Gasteiger partial charge in [0.1, 0.15) is 5.82 Å². The second kappa shape index (κ2) is 7.87. The number of anilines is 2. The number of hydrogen-bond donors (Lipinski definition) is 2. The second-order valence-corrected chi connectivity index (χ2v) is 4.29. The van der Waals surface area contributed by atoms with Crippen molar-refractivity contribution in [1.82, 2.24) is 9.97 Å². The molecule has 1 aromatic heterocycles. The molecular formula is C13H24N4. The molecule has 0 atom stereocenters. The van der Waals surface area contributed by atoms with Gasteiger partial charge in [0.05, 0.1) is 0 Å². The number of aryl methyl sites for hydroxylation is 1. The van der Waals surface area contributed by atoms with Gasteiger partial charge in [0.25, 0.3) is 0 Å². The highest BCUT2D eigenvalue weighted by Crippen LogP contribution is 2.12. The van der Waals surface area contributed by atoms with Crippen LogP contribution in [0.3, 0.4) is 0 Å². The molecule has 0 saturated carbocycles. The van der Waals surface area contributed by atoms with Crippen LogP contribution in [0.2, 0.25) is 0 Å². The minimum atomic E-state index is 0.718. The fraction of sp³-hybridized carbons (Fsp3) is 0.692. The Hall–Kier alpha value is -1.32. The number of hydrogen-bond acceptors (Lipinski definition) is 4. The van der Waals surface area contributed by atoms with E-state index in [0.717, 1.165) is 36.8 Å². The summed E-state index contributed by atoms with van der Waals surface area (Å²) in [4.78, 5) is 8.73. The van der Waals surface area contributed by atoms with E-state index in [0.29, 0.717) is 0 Å². The van der Waals surface area contributed by atoms with E-state index >= 15 is 0 Å². The van der Waals surface area contributed by atoms with Crippen molar-refractivity contribution in [2.45, 2.75) is 46.5 Å². The Kier molecular flexibility index (Phi) is 6.37. The molecule has 1 heterocycles. The Morgan fingerprint density at radius 1 is 1.06 bits per heavy atom. The van der Waals surface area contributed by atoms with Crippen LogP contribution in [-0.2, 0) is 0 Å². The molecule has 0 saturated heterocycles. The summed E-state index contributed by atoms with van der Waals surface area (Å²) in [5.41, 5.74) is 1.10. The van der Waals surface area contributed by atoms with Crippen LogP contribution in [0.25, 0.3) is 0 Å². The van der Waals surface area contributed by atoms with E-state index < -0.39 is 0 Å². The minimum absolute atomic E-state index is 0.718. The molecule has 4 heteroatoms. The number of nitrogens with one attached hydrogen (secondary N) is 2. The standard InChI is InChI=1S/C13H24N4/c1-4-6-7-9-14-12-11(3)10-16-13(17-12)15-8-5-2/h10H,4-9H2,1-3H3,(H2,14,15,16,17). The maximum atomic E-state index is 4.47. The lowest BCUT2D eigenvalue weighted by Gasteiger charge is -2.10. The molecule has 0 radical (unpaired) electrons. The van der Waals surface area contributed by atoms with E-state index in [4.69, 9.17) is 0 Å². The third kappa shape index (κ3) is 5.02. The Balaban J connectivity index is 2.50. The van der Waals surface area contributed by atoms with Gasteiger partial charge in [-0.15, -0.1) is 0 Å². The molecule has 17 heavy (non-hydrogen) atoms. The topological polar surface area (TPSA) is 49.8 Å². The zero-order valence-electron chi connectivity index (χ0n) is 11.2. The van der Waals surface area contributed by atoms with Crippen molar-refractivity contribution in [2.75, 3.05) is 23.7 Å². The molecule has 0 aromatic carbocycles. The van der Waals surface area contributed by atoms with Gasteiger partial charge in [-0.3, -0.25) is 0 Å². The average Bonchev–Trinajstić information content (AvgIpc) is 2.35. The molecule has 0 spiro atoms. The predicted molar refractivity (Wildman–Crippen MR) is 73.6 cm³/mol. The molecule has 0 aliphatic carbocycles. The summed E-state index contributed by atoms with van der Waals surface area (Å²) in [6, 6.07) is 0. The first-order valence-electron chi connectivity index (χ1n) is 6.59. The van der Waals surface area contributed by atoms with E-state index in [1.807, 2.05) is 13.1 Å². The summed E-state index contributed by atoms with van der Waals surface area (Å²) in [7, 11) is 0. The van der Waals surface area contributed by atoms with Crippen molar-refractivity contribution in [3.05, 3.63) is 11.8 Å². The fourth-order valence-electron chi connectivity index (χ4n) is 1.52. The van der Waals surface area contributed by atoms with Crippen molar-refractivity contribution < 1.29 is 0 Å². The van der Waals surface area contributed by atoms with Crippen LogP contribution in [0.15, 0.2) is 6.20 Å². The van der Waals surface area contributed by atoms with Gasteiger partial charge in [-0.2, -0.15) is 4.98 Å². The SMILES string of the molecule is CCCCCNc1nc(NCCC)ncc1C. The third-order valence-corrected chi connectivity index (χ3v) is 2.58. The van der Waals surface area contributed by atoms with Gasteiger partial charge >= 0.3 is 0 Å². The molecule has 0 aliphatic heterocycles. The summed E-state index contributed by atoms with van der Waals surface area (Å²) in [5, 5.41) is 6.57. The first kappa shape index (κ1) is 13.7. The molecule has 0 fully saturated rings. The van der Waals surface area contributed by atoms with Crippen molar-refractivity contribution >= 4 is 11.8 Å². The molecule has 96 valence electrons. The molecule has 0 amide bonds. The van der Waals surface area contributed by atoms with Crippen LogP contribution in [0, 0.1) is 6.92 Å². The smallest absolute Gasteiger partial charge is 0.224 e. The summed E-state index contributed by atoms with van der Waals surface area (Å²) < 4.78 is 0. The number of nitrogens with zero attached hydrogens (tertiary/aromatic N) is 2. The van der Waals surface area contributed by atoms with E-state index in [1.165, 1.54) is 19.3 Å². The molecule has 0 bridgehead atoms. The van der Waals surface area contributed by atoms with Gasteiger partial charge in [0, 0.05) is 24.8 Å². The quantitative estimate of drug-likeness (QED) is 0.680. The van der Waals surface area contributed by atoms with Crippen LogP contribution in [0.1, 0.15) is 45.1 Å². The second-order valence-electron chi connectivity index (χ2n) is 4.29. The highest BCUT2D eigenvalue weighted by molar-refractivity contribution is 5.46. The summed E-state index contributed by atoms with van der Waals surface area (Å²) >= 11 is 0. The highest BCUT2D eigenvalue weighted by Gasteiger charge is 2.02. The highest BCUT2D eigenvalue weighted by atomic mass is 15.1. The van der Waals surface area contributed by atoms with Crippen molar-refractivity contribution in [2.24, 2.45) is 0 Å². The lowest BCUT2D eigenvalue weighted by atomic mass is 10.2. The van der Waals surface area contributed by atoms with E-state index in [1.54, 1.807) is 0 Å². The molecular weight excluding hydrogens is 212 g/mol. The van der Waals surface area contributed by atoms with Crippen LogP contribution >= 0.6 is 0 Å². The zero-order chi connectivity index (χ0) is 12.5. The average molecular weight is 236 g/mol. The zero-order valence-corrected chi connectivity index (χ0v) is 11.2. The first-order valence-corrected chi connectivity index (χ1v) is 6.59. The minimum Gasteiger partial charge on any atom is -0.370 e. The normalized spacial score (nSPS) is 10.3. The summed E-state index contributed by atoms with van der Waals surface area (Å²) in [6.07, 6.45) is 6.65. The lowest BCUT2D eigenvalue weighted by molar-refractivity contribution is 0.741. The van der Waals surface area contributed by atoms with Crippen molar-refractivity contribution in [3.8, 4) is 0 Å². The Bertz CT molecular complexity index is 325. The van der Waals surface area contributed by atoms with Crippen LogP contribution in [-0.4, -0.2) is 23.1 Å². The Labute approximate surface area is 104 Å². The molecule has 0 aliphatic rings. The van der Waals surface area contributed by atoms with Gasteiger partial charge in [0.15, 0.2) is 0 Å².